The Balaban J connectivity index is 1.74. The summed E-state index contributed by atoms with van der Waals surface area (Å²) >= 11 is 0.867. The maximum absolute atomic E-state index is 13.3. The number of aryl methyl sites for hydroxylation is 1. The molecule has 0 aliphatic rings. The molecule has 0 saturated heterocycles. The molecule has 2 N–H and O–H groups in total. The summed E-state index contributed by atoms with van der Waals surface area (Å²) in [6.07, 6.45) is 0. The average Bonchev–Trinajstić information content (AvgIpc) is 3.21. The molecule has 0 atom stereocenters. The summed E-state index contributed by atoms with van der Waals surface area (Å²) in [5.74, 6) is -2.45. The highest BCUT2D eigenvalue weighted by molar-refractivity contribution is 7.19. The number of ether oxygens (including phenoxy) is 1. The van der Waals surface area contributed by atoms with Gasteiger partial charge in [0.05, 0.1) is 12.2 Å². The van der Waals surface area contributed by atoms with Gasteiger partial charge in [-0.1, -0.05) is 17.4 Å². The van der Waals surface area contributed by atoms with E-state index in [0.717, 1.165) is 15.7 Å². The number of carbonyl (C=O) groups excluding carboxylic acids is 3. The second-order valence-electron chi connectivity index (χ2n) is 7.35. The summed E-state index contributed by atoms with van der Waals surface area (Å²) in [5, 5.41) is 5.22. The van der Waals surface area contributed by atoms with Crippen molar-refractivity contribution in [1.29, 1.82) is 0 Å². The second-order valence-corrected chi connectivity index (χ2v) is 8.33. The Labute approximate surface area is 202 Å². The van der Waals surface area contributed by atoms with E-state index in [1.807, 2.05) is 0 Å². The number of nitrogens with one attached hydrogen (secondary N) is 2. The molecule has 0 radical (unpaired) electrons. The predicted octanol–water partition coefficient (Wildman–Crippen LogP) is 3.88. The van der Waals surface area contributed by atoms with E-state index in [2.05, 4.69) is 15.6 Å². The molecule has 178 valence electrons. The van der Waals surface area contributed by atoms with Gasteiger partial charge in [0, 0.05) is 23.1 Å². The third-order valence-corrected chi connectivity index (χ3v) is 5.84. The van der Waals surface area contributed by atoms with E-state index in [4.69, 9.17) is 4.74 Å². The van der Waals surface area contributed by atoms with E-state index in [9.17, 15) is 23.6 Å². The third kappa shape index (κ3) is 5.09. The maximum atomic E-state index is 13.3. The number of esters is 1. The molecule has 2 aromatic carbocycles. The molecule has 2 aromatic heterocycles. The van der Waals surface area contributed by atoms with Crippen molar-refractivity contribution in [3.8, 4) is 0 Å². The summed E-state index contributed by atoms with van der Waals surface area (Å²) in [7, 11) is 0. The minimum atomic E-state index is -0.755. The van der Waals surface area contributed by atoms with Gasteiger partial charge >= 0.3 is 5.97 Å². The molecule has 0 fully saturated rings. The first-order chi connectivity index (χ1) is 16.8. The van der Waals surface area contributed by atoms with E-state index < -0.39 is 29.2 Å². The van der Waals surface area contributed by atoms with Gasteiger partial charge in [0.15, 0.2) is 4.96 Å². The number of halogens is 1. The zero-order chi connectivity index (χ0) is 25.1. The molecule has 4 rings (SSSR count). The molecule has 2 amide bonds. The summed E-state index contributed by atoms with van der Waals surface area (Å²) in [6.45, 7) is 3.50. The number of benzene rings is 2. The van der Waals surface area contributed by atoms with Crippen LogP contribution in [0.15, 0.2) is 59.4 Å². The maximum Gasteiger partial charge on any atom is 0.338 e. The Hall–Kier alpha value is -4.38. The molecule has 0 saturated carbocycles. The van der Waals surface area contributed by atoms with Gasteiger partial charge in [-0.15, -0.1) is 0 Å². The van der Waals surface area contributed by atoms with Crippen LogP contribution < -0.4 is 16.2 Å². The van der Waals surface area contributed by atoms with Crippen molar-refractivity contribution in [2.45, 2.75) is 13.8 Å². The lowest BCUT2D eigenvalue weighted by atomic mass is 10.2. The molecule has 0 bridgehead atoms. The van der Waals surface area contributed by atoms with Gasteiger partial charge in [-0.2, -0.15) is 0 Å². The van der Waals surface area contributed by atoms with Crippen LogP contribution in [0.5, 0.6) is 0 Å². The number of carbonyl (C=O) groups is 3. The van der Waals surface area contributed by atoms with Crippen molar-refractivity contribution in [2.75, 3.05) is 17.2 Å². The molecule has 2 heterocycles. The van der Waals surface area contributed by atoms with Crippen LogP contribution in [0, 0.1) is 12.7 Å². The topological polar surface area (TPSA) is 119 Å². The zero-order valence-electron chi connectivity index (χ0n) is 18.6. The van der Waals surface area contributed by atoms with E-state index in [0.29, 0.717) is 11.4 Å². The number of nitrogens with zero attached hydrogens (tertiary/aromatic N) is 2. The van der Waals surface area contributed by atoms with Crippen molar-refractivity contribution in [3.63, 3.8) is 0 Å². The number of fused-ring (bicyclic) bond motifs is 1. The van der Waals surface area contributed by atoms with Crippen molar-refractivity contribution in [1.82, 2.24) is 9.38 Å². The molecule has 4 aromatic rings. The first-order valence-electron chi connectivity index (χ1n) is 10.5. The molecule has 0 aliphatic heterocycles. The number of hydrogen-bond donors (Lipinski definition) is 2. The summed E-state index contributed by atoms with van der Waals surface area (Å²) in [6, 6.07) is 12.4. The minimum absolute atomic E-state index is 0.0661. The fourth-order valence-electron chi connectivity index (χ4n) is 3.29. The average molecular weight is 495 g/mol. The second kappa shape index (κ2) is 9.85. The molecule has 35 heavy (non-hydrogen) atoms. The predicted molar refractivity (Wildman–Crippen MR) is 129 cm³/mol. The molecule has 0 spiro atoms. The van der Waals surface area contributed by atoms with Crippen LogP contribution in [0.4, 0.5) is 15.8 Å². The zero-order valence-corrected chi connectivity index (χ0v) is 19.4. The van der Waals surface area contributed by atoms with Crippen molar-refractivity contribution in [2.24, 2.45) is 0 Å². The highest BCUT2D eigenvalue weighted by atomic mass is 32.1. The lowest BCUT2D eigenvalue weighted by molar-refractivity contribution is 0.0526. The normalized spacial score (nSPS) is 10.7. The standard InChI is InChI=1S/C24H19FN4O5S/c1-3-34-23(33)14-5-4-6-17(12-14)28-21(31)19-20(22(32)27-16-9-7-15(25)8-10-16)35-24-26-13(2)11-18(30)29(19)24/h4-12H,3H2,1-2H3,(H,27,32)(H,28,31). The van der Waals surface area contributed by atoms with Crippen molar-refractivity contribution < 1.29 is 23.5 Å². The lowest BCUT2D eigenvalue weighted by Crippen LogP contribution is -2.25. The van der Waals surface area contributed by atoms with Crippen LogP contribution in [0.25, 0.3) is 4.96 Å². The Morgan fingerprint density at radius 3 is 2.46 bits per heavy atom. The fourth-order valence-corrected chi connectivity index (χ4v) is 4.36. The third-order valence-electron chi connectivity index (χ3n) is 4.80. The highest BCUT2D eigenvalue weighted by Crippen LogP contribution is 2.24. The van der Waals surface area contributed by atoms with Crippen LogP contribution in [0.2, 0.25) is 0 Å². The molecule has 0 unspecified atom stereocenters. The minimum Gasteiger partial charge on any atom is -0.462 e. The first-order valence-corrected chi connectivity index (χ1v) is 11.3. The van der Waals surface area contributed by atoms with Crippen LogP contribution in [0.1, 0.15) is 43.1 Å². The number of rotatable bonds is 6. The number of anilines is 2. The largest absolute Gasteiger partial charge is 0.462 e. The Bertz CT molecular complexity index is 1510. The molecule has 9 nitrogen and oxygen atoms in total. The van der Waals surface area contributed by atoms with Crippen molar-refractivity contribution in [3.05, 3.63) is 92.6 Å². The van der Waals surface area contributed by atoms with Crippen LogP contribution >= 0.6 is 11.3 Å². The Morgan fingerprint density at radius 1 is 1.03 bits per heavy atom. The molecule has 0 aliphatic carbocycles. The van der Waals surface area contributed by atoms with Gasteiger partial charge in [-0.05, 0) is 56.3 Å². The van der Waals surface area contributed by atoms with Crippen LogP contribution in [0.3, 0.4) is 0 Å². The van der Waals surface area contributed by atoms with Gasteiger partial charge in [-0.25, -0.2) is 18.6 Å². The number of amides is 2. The summed E-state index contributed by atoms with van der Waals surface area (Å²) in [5.41, 5.74) is 0.467. The highest BCUT2D eigenvalue weighted by Gasteiger charge is 2.26. The number of thiazole rings is 1. The van der Waals surface area contributed by atoms with E-state index in [1.165, 1.54) is 42.5 Å². The van der Waals surface area contributed by atoms with Gasteiger partial charge in [0.1, 0.15) is 16.4 Å². The number of hydrogen-bond acceptors (Lipinski definition) is 7. The fraction of sp³-hybridized carbons (Fsp3) is 0.125. The SMILES string of the molecule is CCOC(=O)c1cccc(NC(=O)c2c(C(=O)Nc3ccc(F)cc3)sc3nc(C)cc(=O)n23)c1. The van der Waals surface area contributed by atoms with Gasteiger partial charge in [0.25, 0.3) is 17.4 Å². The van der Waals surface area contributed by atoms with E-state index in [-0.39, 0.29) is 33.4 Å². The van der Waals surface area contributed by atoms with Crippen molar-refractivity contribution >= 4 is 45.5 Å². The summed E-state index contributed by atoms with van der Waals surface area (Å²) < 4.78 is 19.3. The first kappa shape index (κ1) is 23.8. The van der Waals surface area contributed by atoms with Crippen LogP contribution in [-0.4, -0.2) is 33.8 Å². The Morgan fingerprint density at radius 2 is 1.74 bits per heavy atom. The lowest BCUT2D eigenvalue weighted by Gasteiger charge is -2.09. The van der Waals surface area contributed by atoms with E-state index in [1.54, 1.807) is 26.0 Å². The van der Waals surface area contributed by atoms with E-state index >= 15 is 0 Å². The number of aromatic nitrogens is 2. The van der Waals surface area contributed by atoms with Gasteiger partial charge < -0.3 is 15.4 Å². The van der Waals surface area contributed by atoms with Crippen LogP contribution in [-0.2, 0) is 4.74 Å². The Kier molecular flexibility index (Phi) is 6.69. The smallest absolute Gasteiger partial charge is 0.338 e. The van der Waals surface area contributed by atoms with Gasteiger partial charge in [-0.3, -0.25) is 14.4 Å². The quantitative estimate of drug-likeness (QED) is 0.393. The molecular formula is C24H19FN4O5S. The van der Waals surface area contributed by atoms with Gasteiger partial charge in [0.2, 0.25) is 0 Å². The monoisotopic (exact) mass is 494 g/mol. The molecule has 11 heteroatoms. The molecular weight excluding hydrogens is 475 g/mol. The summed E-state index contributed by atoms with van der Waals surface area (Å²) in [4.78, 5) is 55.5.